The summed E-state index contributed by atoms with van der Waals surface area (Å²) in [6, 6.07) is 10.5. The van der Waals surface area contributed by atoms with Gasteiger partial charge in [-0.05, 0) is 37.3 Å². The van der Waals surface area contributed by atoms with Gasteiger partial charge in [0.15, 0.2) is 0 Å². The summed E-state index contributed by atoms with van der Waals surface area (Å²) < 4.78 is 62.1. The third-order valence-electron chi connectivity index (χ3n) is 6.21. The molecule has 5 rings (SSSR count). The highest BCUT2D eigenvalue weighted by molar-refractivity contribution is 6.31. The summed E-state index contributed by atoms with van der Waals surface area (Å²) in [6.45, 7) is 1.45. The van der Waals surface area contributed by atoms with Crippen molar-refractivity contribution >= 4 is 22.5 Å². The Labute approximate surface area is 224 Å². The third kappa shape index (κ3) is 5.09. The van der Waals surface area contributed by atoms with Gasteiger partial charge in [0.1, 0.15) is 29.3 Å². The quantitative estimate of drug-likeness (QED) is 0.242. The van der Waals surface area contributed by atoms with E-state index < -0.39 is 23.2 Å². The Morgan fingerprint density at radius 1 is 1.10 bits per heavy atom. The molecule has 4 heterocycles. The first-order valence-corrected chi connectivity index (χ1v) is 12.0. The van der Waals surface area contributed by atoms with Gasteiger partial charge >= 0.3 is 6.18 Å². The largest absolute Gasteiger partial charge is 0.486 e. The molecule has 0 spiro atoms. The molecule has 0 bridgehead atoms. The molecular formula is C27H20ClF4N5O2. The van der Waals surface area contributed by atoms with Gasteiger partial charge in [-0.3, -0.25) is 9.78 Å². The first-order valence-electron chi connectivity index (χ1n) is 11.6. The standard InChI is InChI=1S/C27H20ClF4N5O2/c1-15-11-17(25-34-12-23(29)36(25)2)16-5-3-7-22(24(16)35-15)39-14-18-20(28)8-9-33-21(18)13-37-10-4-6-19(26(37)38)27(30,31)32/h3-12H,13-14H2,1-2H3. The molecule has 7 nitrogen and oxygen atoms in total. The number of imidazole rings is 1. The number of nitrogens with zero attached hydrogens (tertiary/aromatic N) is 5. The minimum atomic E-state index is -4.78. The summed E-state index contributed by atoms with van der Waals surface area (Å²) in [6.07, 6.45) is -0.989. The number of hydrogen-bond acceptors (Lipinski definition) is 5. The van der Waals surface area contributed by atoms with E-state index in [9.17, 15) is 22.4 Å². The summed E-state index contributed by atoms with van der Waals surface area (Å²) >= 11 is 6.42. The molecule has 1 aromatic carbocycles. The van der Waals surface area contributed by atoms with Crippen molar-refractivity contribution in [2.75, 3.05) is 0 Å². The third-order valence-corrected chi connectivity index (χ3v) is 6.56. The average molecular weight is 558 g/mol. The van der Waals surface area contributed by atoms with Crippen LogP contribution in [0, 0.1) is 12.9 Å². The maximum absolute atomic E-state index is 14.0. The second kappa shape index (κ2) is 10.1. The van der Waals surface area contributed by atoms with Crippen LogP contribution in [0.25, 0.3) is 22.3 Å². The van der Waals surface area contributed by atoms with Crippen molar-refractivity contribution in [2.24, 2.45) is 7.05 Å². The lowest BCUT2D eigenvalue weighted by molar-refractivity contribution is -0.138. The van der Waals surface area contributed by atoms with E-state index in [4.69, 9.17) is 16.3 Å². The first-order chi connectivity index (χ1) is 18.5. The van der Waals surface area contributed by atoms with Crippen LogP contribution in [0.2, 0.25) is 5.02 Å². The highest BCUT2D eigenvalue weighted by atomic mass is 35.5. The molecule has 0 N–H and O–H groups in total. The van der Waals surface area contributed by atoms with Crippen molar-refractivity contribution in [2.45, 2.75) is 26.3 Å². The van der Waals surface area contributed by atoms with Gasteiger partial charge < -0.3 is 13.9 Å². The lowest BCUT2D eigenvalue weighted by atomic mass is 10.1. The highest BCUT2D eigenvalue weighted by Crippen LogP contribution is 2.33. The van der Waals surface area contributed by atoms with Crippen LogP contribution < -0.4 is 10.3 Å². The zero-order valence-corrected chi connectivity index (χ0v) is 21.4. The predicted octanol–water partition coefficient (Wildman–Crippen LogP) is 5.94. The van der Waals surface area contributed by atoms with Crippen LogP contribution in [-0.2, 0) is 26.4 Å². The lowest BCUT2D eigenvalue weighted by Gasteiger charge is -2.16. The molecule has 0 saturated heterocycles. The van der Waals surface area contributed by atoms with Gasteiger partial charge in [-0.15, -0.1) is 0 Å². The number of ether oxygens (including phenoxy) is 1. The molecule has 0 aliphatic carbocycles. The van der Waals surface area contributed by atoms with Crippen LogP contribution in [0.3, 0.4) is 0 Å². The molecule has 12 heteroatoms. The van der Waals surface area contributed by atoms with Gasteiger partial charge in [-0.2, -0.15) is 17.6 Å². The summed E-state index contributed by atoms with van der Waals surface area (Å²) in [5.41, 5.74) is 0.0407. The number of hydrogen-bond donors (Lipinski definition) is 0. The van der Waals surface area contributed by atoms with Crippen LogP contribution in [0.4, 0.5) is 17.6 Å². The maximum Gasteiger partial charge on any atom is 0.421 e. The van der Waals surface area contributed by atoms with E-state index in [2.05, 4.69) is 15.0 Å². The van der Waals surface area contributed by atoms with Crippen molar-refractivity contribution < 1.29 is 22.3 Å². The van der Waals surface area contributed by atoms with E-state index in [-0.39, 0.29) is 23.9 Å². The number of aromatic nitrogens is 5. The van der Waals surface area contributed by atoms with Gasteiger partial charge in [-0.25, -0.2) is 9.97 Å². The van der Waals surface area contributed by atoms with Crippen molar-refractivity contribution in [1.29, 1.82) is 0 Å². The van der Waals surface area contributed by atoms with Crippen molar-refractivity contribution in [3.05, 3.63) is 105 Å². The second-order valence-electron chi connectivity index (χ2n) is 8.79. The van der Waals surface area contributed by atoms with Crippen molar-refractivity contribution in [1.82, 2.24) is 24.1 Å². The molecular weight excluding hydrogens is 538 g/mol. The number of aryl methyl sites for hydroxylation is 1. The number of halogens is 5. The molecule has 0 saturated carbocycles. The van der Waals surface area contributed by atoms with Gasteiger partial charge in [0.2, 0.25) is 5.95 Å². The van der Waals surface area contributed by atoms with Gasteiger partial charge in [0, 0.05) is 41.6 Å². The van der Waals surface area contributed by atoms with E-state index in [0.29, 0.717) is 39.3 Å². The predicted molar refractivity (Wildman–Crippen MR) is 137 cm³/mol. The van der Waals surface area contributed by atoms with E-state index in [1.54, 1.807) is 32.2 Å². The molecule has 0 atom stereocenters. The maximum atomic E-state index is 14.0. The number of pyridine rings is 3. The average Bonchev–Trinajstić information content (AvgIpc) is 3.21. The Kier molecular flexibility index (Phi) is 6.85. The molecule has 0 radical (unpaired) electrons. The zero-order chi connectivity index (χ0) is 27.9. The van der Waals surface area contributed by atoms with Crippen molar-refractivity contribution in [3.8, 4) is 17.1 Å². The SMILES string of the molecule is Cc1cc(-c2ncc(F)n2C)c2cccc(OCc3c(Cl)ccnc3Cn3cccc(C(F)(F)F)c3=O)c2n1. The fourth-order valence-corrected chi connectivity index (χ4v) is 4.50. The number of benzene rings is 1. The lowest BCUT2D eigenvalue weighted by Crippen LogP contribution is -2.28. The van der Waals surface area contributed by atoms with Crippen molar-refractivity contribution in [3.63, 3.8) is 0 Å². The molecule has 0 unspecified atom stereocenters. The van der Waals surface area contributed by atoms with E-state index in [1.165, 1.54) is 23.0 Å². The Hall–Kier alpha value is -4.25. The molecule has 0 amide bonds. The molecule has 4 aromatic heterocycles. The molecule has 5 aromatic rings. The number of alkyl halides is 3. The molecule has 0 aliphatic heterocycles. The minimum Gasteiger partial charge on any atom is -0.486 e. The van der Waals surface area contributed by atoms with E-state index >= 15 is 0 Å². The van der Waals surface area contributed by atoms with Crippen LogP contribution >= 0.6 is 11.6 Å². The van der Waals surface area contributed by atoms with Crippen LogP contribution in [0.5, 0.6) is 5.75 Å². The van der Waals surface area contributed by atoms with Gasteiger partial charge in [0.05, 0.1) is 23.5 Å². The molecule has 200 valence electrons. The number of fused-ring (bicyclic) bond motifs is 1. The monoisotopic (exact) mass is 557 g/mol. The van der Waals surface area contributed by atoms with Crippen LogP contribution in [0.1, 0.15) is 22.5 Å². The highest BCUT2D eigenvalue weighted by Gasteiger charge is 2.34. The second-order valence-corrected chi connectivity index (χ2v) is 9.19. The summed E-state index contributed by atoms with van der Waals surface area (Å²) in [5.74, 6) is 0.331. The topological polar surface area (TPSA) is 74.8 Å². The molecule has 39 heavy (non-hydrogen) atoms. The normalized spacial score (nSPS) is 11.8. The first kappa shape index (κ1) is 26.4. The zero-order valence-electron chi connectivity index (χ0n) is 20.6. The Morgan fingerprint density at radius 3 is 2.62 bits per heavy atom. The number of para-hydroxylation sites is 1. The van der Waals surface area contributed by atoms with Crippen LogP contribution in [0.15, 0.2) is 65.8 Å². The Morgan fingerprint density at radius 2 is 1.90 bits per heavy atom. The van der Waals surface area contributed by atoms with Gasteiger partial charge in [0.25, 0.3) is 5.56 Å². The number of rotatable bonds is 6. The Balaban J connectivity index is 1.50. The molecule has 0 aliphatic rings. The fraction of sp³-hybridized carbons (Fsp3) is 0.185. The summed E-state index contributed by atoms with van der Waals surface area (Å²) in [5, 5.41) is 0.952. The Bertz CT molecular complexity index is 1760. The van der Waals surface area contributed by atoms with E-state index in [0.717, 1.165) is 22.9 Å². The van der Waals surface area contributed by atoms with Crippen LogP contribution in [-0.4, -0.2) is 24.1 Å². The smallest absolute Gasteiger partial charge is 0.421 e. The minimum absolute atomic E-state index is 0.100. The fourth-order valence-electron chi connectivity index (χ4n) is 4.28. The molecule has 0 fully saturated rings. The summed E-state index contributed by atoms with van der Waals surface area (Å²) in [7, 11) is 1.57. The summed E-state index contributed by atoms with van der Waals surface area (Å²) in [4.78, 5) is 25.5. The van der Waals surface area contributed by atoms with E-state index in [1.807, 2.05) is 6.07 Å². The van der Waals surface area contributed by atoms with Gasteiger partial charge in [-0.1, -0.05) is 23.7 Å².